The topological polar surface area (TPSA) is 50.8 Å². The van der Waals surface area contributed by atoms with Gasteiger partial charge in [0.2, 0.25) is 0 Å². The summed E-state index contributed by atoms with van der Waals surface area (Å²) in [6, 6.07) is 13.6. The fourth-order valence-corrected chi connectivity index (χ4v) is 3.46. The Hall–Kier alpha value is -2.67. The first-order valence-corrected chi connectivity index (χ1v) is 9.28. The van der Waals surface area contributed by atoms with E-state index in [1.165, 1.54) is 18.2 Å². The number of nitrogens with zero attached hydrogens (tertiary/aromatic N) is 1. The maximum atomic E-state index is 12.6. The van der Waals surface area contributed by atoms with E-state index in [1.807, 2.05) is 24.3 Å². The van der Waals surface area contributed by atoms with Crippen LogP contribution in [0, 0.1) is 0 Å². The maximum absolute atomic E-state index is 12.6. The molecule has 1 heterocycles. The second kappa shape index (κ2) is 9.50. The lowest BCUT2D eigenvalue weighted by Gasteiger charge is -2.28. The molecule has 0 aromatic heterocycles. The number of alkyl halides is 2. The normalized spacial score (nSPS) is 15.4. The smallest absolute Gasteiger partial charge is 0.387 e. The van der Waals surface area contributed by atoms with Crippen LogP contribution in [0.4, 0.5) is 8.78 Å². The molecule has 7 heteroatoms. The highest BCUT2D eigenvalue weighted by Gasteiger charge is 2.24. The van der Waals surface area contributed by atoms with Gasteiger partial charge in [-0.1, -0.05) is 18.2 Å². The number of carbonyl (C=O) groups excluding carboxylic acids is 1. The van der Waals surface area contributed by atoms with Gasteiger partial charge in [0.1, 0.15) is 11.5 Å². The highest BCUT2D eigenvalue weighted by molar-refractivity contribution is 5.94. The Bertz CT molecular complexity index is 795. The Labute approximate surface area is 163 Å². The molecule has 3 rings (SSSR count). The number of amides is 1. The van der Waals surface area contributed by atoms with Gasteiger partial charge in [-0.3, -0.25) is 9.69 Å². The lowest BCUT2D eigenvalue weighted by Crippen LogP contribution is -2.36. The maximum Gasteiger partial charge on any atom is 0.387 e. The van der Waals surface area contributed by atoms with Crippen LogP contribution in [0.25, 0.3) is 0 Å². The van der Waals surface area contributed by atoms with Crippen LogP contribution in [-0.2, 0) is 0 Å². The number of halogens is 2. The summed E-state index contributed by atoms with van der Waals surface area (Å²) in [7, 11) is 1.63. The predicted molar refractivity (Wildman–Crippen MR) is 102 cm³/mol. The highest BCUT2D eigenvalue weighted by atomic mass is 19.3. The van der Waals surface area contributed by atoms with Gasteiger partial charge < -0.3 is 14.8 Å². The number of rotatable bonds is 8. The van der Waals surface area contributed by atoms with E-state index in [4.69, 9.17) is 4.74 Å². The fraction of sp³-hybridized carbons (Fsp3) is 0.381. The van der Waals surface area contributed by atoms with Gasteiger partial charge in [0, 0.05) is 12.1 Å². The van der Waals surface area contributed by atoms with E-state index in [-0.39, 0.29) is 23.3 Å². The van der Waals surface area contributed by atoms with Gasteiger partial charge in [-0.25, -0.2) is 0 Å². The lowest BCUT2D eigenvalue weighted by molar-refractivity contribution is -0.0498. The Balaban J connectivity index is 1.71. The zero-order valence-electron chi connectivity index (χ0n) is 15.7. The molecule has 2 aromatic rings. The quantitative estimate of drug-likeness (QED) is 0.744. The summed E-state index contributed by atoms with van der Waals surface area (Å²) < 4.78 is 34.5. The van der Waals surface area contributed by atoms with Crippen LogP contribution < -0.4 is 14.8 Å². The summed E-state index contributed by atoms with van der Waals surface area (Å²) in [6.07, 6.45) is 2.25. The molecule has 0 bridgehead atoms. The number of nitrogens with one attached hydrogen (secondary N) is 1. The molecule has 150 valence electrons. The van der Waals surface area contributed by atoms with Gasteiger partial charge in [0.05, 0.1) is 13.2 Å². The van der Waals surface area contributed by atoms with Crippen LogP contribution in [0.3, 0.4) is 0 Å². The van der Waals surface area contributed by atoms with E-state index < -0.39 is 6.61 Å². The number of carbonyl (C=O) groups is 1. The molecule has 1 aliphatic heterocycles. The number of benzene rings is 2. The minimum Gasteiger partial charge on any atom is -0.497 e. The summed E-state index contributed by atoms with van der Waals surface area (Å²) in [5.74, 6) is 0.406. The van der Waals surface area contributed by atoms with E-state index in [9.17, 15) is 13.6 Å². The molecule has 0 spiro atoms. The second-order valence-corrected chi connectivity index (χ2v) is 6.65. The van der Waals surface area contributed by atoms with E-state index >= 15 is 0 Å². The second-order valence-electron chi connectivity index (χ2n) is 6.65. The van der Waals surface area contributed by atoms with Crippen molar-refractivity contribution in [2.45, 2.75) is 25.5 Å². The SMILES string of the molecule is COc1cccc(C(CNC(=O)c2cccc(OC(F)F)c2)N2CCCC2)c1. The van der Waals surface area contributed by atoms with Gasteiger partial charge in [0.25, 0.3) is 5.91 Å². The van der Waals surface area contributed by atoms with Crippen LogP contribution in [-0.4, -0.2) is 44.2 Å². The molecule has 1 atom stereocenters. The third-order valence-corrected chi connectivity index (χ3v) is 4.84. The van der Waals surface area contributed by atoms with Crippen LogP contribution in [0.15, 0.2) is 48.5 Å². The first-order valence-electron chi connectivity index (χ1n) is 9.28. The average molecular weight is 390 g/mol. The summed E-state index contributed by atoms with van der Waals surface area (Å²) in [5.41, 5.74) is 1.35. The molecule has 2 aromatic carbocycles. The van der Waals surface area contributed by atoms with Crippen molar-refractivity contribution in [3.8, 4) is 11.5 Å². The van der Waals surface area contributed by atoms with Gasteiger partial charge in [0.15, 0.2) is 0 Å². The fourth-order valence-electron chi connectivity index (χ4n) is 3.46. The molecule has 1 fully saturated rings. The van der Waals surface area contributed by atoms with E-state index in [0.717, 1.165) is 37.2 Å². The Morgan fingerprint density at radius 1 is 1.11 bits per heavy atom. The first kappa shape index (κ1) is 20.1. The molecule has 1 N–H and O–H groups in total. The molecule has 1 saturated heterocycles. The molecule has 28 heavy (non-hydrogen) atoms. The standard InChI is InChI=1S/C21H24F2N2O3/c1-27-17-8-4-6-15(12-17)19(25-10-2-3-11-25)14-24-20(26)16-7-5-9-18(13-16)28-21(22)23/h4-9,12-13,19,21H,2-3,10-11,14H2,1H3,(H,24,26). The summed E-state index contributed by atoms with van der Waals surface area (Å²) in [5, 5.41) is 2.93. The highest BCUT2D eigenvalue weighted by Crippen LogP contribution is 2.27. The van der Waals surface area contributed by atoms with E-state index in [0.29, 0.717) is 6.54 Å². The van der Waals surface area contributed by atoms with Crippen molar-refractivity contribution < 1.29 is 23.0 Å². The van der Waals surface area contributed by atoms with Gasteiger partial charge in [-0.15, -0.1) is 0 Å². The van der Waals surface area contributed by atoms with Gasteiger partial charge in [-0.2, -0.15) is 8.78 Å². The zero-order valence-corrected chi connectivity index (χ0v) is 15.7. The monoisotopic (exact) mass is 390 g/mol. The number of likely N-dealkylation sites (tertiary alicyclic amines) is 1. The van der Waals surface area contributed by atoms with Crippen molar-refractivity contribution >= 4 is 5.91 Å². The Morgan fingerprint density at radius 3 is 2.54 bits per heavy atom. The van der Waals surface area contributed by atoms with Crippen LogP contribution in [0.2, 0.25) is 0 Å². The van der Waals surface area contributed by atoms with Gasteiger partial charge >= 0.3 is 6.61 Å². The predicted octanol–water partition coefficient (Wildman–Crippen LogP) is 3.86. The van der Waals surface area contributed by atoms with Crippen molar-refractivity contribution in [3.63, 3.8) is 0 Å². The molecular weight excluding hydrogens is 366 g/mol. The third kappa shape index (κ3) is 5.19. The van der Waals surface area contributed by atoms with Crippen LogP contribution in [0.5, 0.6) is 11.5 Å². The molecule has 0 saturated carbocycles. The van der Waals surface area contributed by atoms with Crippen LogP contribution >= 0.6 is 0 Å². The number of hydrogen-bond acceptors (Lipinski definition) is 4. The third-order valence-electron chi connectivity index (χ3n) is 4.84. The van der Waals surface area contributed by atoms with Crippen molar-refractivity contribution in [1.82, 2.24) is 10.2 Å². The summed E-state index contributed by atoms with van der Waals surface area (Å²) >= 11 is 0. The van der Waals surface area contributed by atoms with Crippen molar-refractivity contribution in [2.24, 2.45) is 0 Å². The van der Waals surface area contributed by atoms with Crippen molar-refractivity contribution in [1.29, 1.82) is 0 Å². The number of hydrogen-bond donors (Lipinski definition) is 1. The number of methoxy groups -OCH3 is 1. The molecule has 0 aliphatic carbocycles. The average Bonchev–Trinajstić information content (AvgIpc) is 3.22. The van der Waals surface area contributed by atoms with Crippen molar-refractivity contribution in [3.05, 3.63) is 59.7 Å². The number of ether oxygens (including phenoxy) is 2. The molecule has 5 nitrogen and oxygen atoms in total. The minimum absolute atomic E-state index is 0.0158. The van der Waals surface area contributed by atoms with E-state index in [1.54, 1.807) is 13.2 Å². The summed E-state index contributed by atoms with van der Waals surface area (Å²) in [4.78, 5) is 14.9. The Morgan fingerprint density at radius 2 is 1.82 bits per heavy atom. The van der Waals surface area contributed by atoms with Crippen molar-refractivity contribution in [2.75, 3.05) is 26.7 Å². The Kier molecular flexibility index (Phi) is 6.81. The van der Waals surface area contributed by atoms with E-state index in [2.05, 4.69) is 15.0 Å². The molecule has 1 unspecified atom stereocenters. The van der Waals surface area contributed by atoms with Crippen LogP contribution in [0.1, 0.15) is 34.8 Å². The van der Waals surface area contributed by atoms with Gasteiger partial charge in [-0.05, 0) is 61.8 Å². The first-order chi connectivity index (χ1) is 13.6. The summed E-state index contributed by atoms with van der Waals surface area (Å²) in [6.45, 7) is -0.581. The lowest BCUT2D eigenvalue weighted by atomic mass is 10.0. The molecular formula is C21H24F2N2O3. The molecule has 0 radical (unpaired) electrons. The minimum atomic E-state index is -2.93. The largest absolute Gasteiger partial charge is 0.497 e. The molecule has 1 amide bonds. The zero-order chi connectivity index (χ0) is 19.9. The molecule has 1 aliphatic rings.